The first kappa shape index (κ1) is 10.5. The van der Waals surface area contributed by atoms with E-state index in [2.05, 4.69) is 15.3 Å². The lowest BCUT2D eigenvalue weighted by molar-refractivity contribution is 0.810. The number of nitrogens with two attached hydrogens (primary N) is 1. The number of imidazole rings is 1. The Hall–Kier alpha value is -1.97. The van der Waals surface area contributed by atoms with Crippen molar-refractivity contribution in [3.63, 3.8) is 0 Å². The molecule has 84 valence electrons. The molecule has 0 aliphatic heterocycles. The molecule has 16 heavy (non-hydrogen) atoms. The standard InChI is InChI=1S/C12H16N4/c1-8-3-4-11(10(13)7-8)16-9(2)12-14-5-6-15-12/h3-7,9,16H,13H2,1-2H3,(H,14,15). The van der Waals surface area contributed by atoms with Gasteiger partial charge in [0.25, 0.3) is 0 Å². The Morgan fingerprint density at radius 3 is 2.88 bits per heavy atom. The average molecular weight is 216 g/mol. The molecule has 1 aromatic carbocycles. The van der Waals surface area contributed by atoms with Crippen LogP contribution < -0.4 is 11.1 Å². The van der Waals surface area contributed by atoms with Crippen LogP contribution in [0.1, 0.15) is 24.4 Å². The summed E-state index contributed by atoms with van der Waals surface area (Å²) in [6, 6.07) is 6.09. The number of hydrogen-bond acceptors (Lipinski definition) is 3. The van der Waals surface area contributed by atoms with Crippen molar-refractivity contribution in [2.75, 3.05) is 11.1 Å². The summed E-state index contributed by atoms with van der Waals surface area (Å²) in [5.74, 6) is 0.903. The van der Waals surface area contributed by atoms with Gasteiger partial charge < -0.3 is 16.0 Å². The predicted octanol–water partition coefficient (Wildman–Crippen LogP) is 2.47. The summed E-state index contributed by atoms with van der Waals surface area (Å²) in [5.41, 5.74) is 8.79. The molecule has 1 heterocycles. The monoisotopic (exact) mass is 216 g/mol. The lowest BCUT2D eigenvalue weighted by Gasteiger charge is -2.15. The Balaban J connectivity index is 2.15. The second-order valence-electron chi connectivity index (χ2n) is 3.93. The molecule has 1 atom stereocenters. The Labute approximate surface area is 94.9 Å². The van der Waals surface area contributed by atoms with Gasteiger partial charge in [-0.25, -0.2) is 4.98 Å². The van der Waals surface area contributed by atoms with Crippen LogP contribution in [0.4, 0.5) is 11.4 Å². The summed E-state index contributed by atoms with van der Waals surface area (Å²) < 4.78 is 0. The minimum absolute atomic E-state index is 0.111. The van der Waals surface area contributed by atoms with Gasteiger partial charge in [0.05, 0.1) is 17.4 Å². The van der Waals surface area contributed by atoms with Gasteiger partial charge in [-0.1, -0.05) is 6.07 Å². The zero-order valence-corrected chi connectivity index (χ0v) is 9.49. The van der Waals surface area contributed by atoms with E-state index in [0.29, 0.717) is 0 Å². The van der Waals surface area contributed by atoms with Gasteiger partial charge in [0.2, 0.25) is 0 Å². The zero-order valence-electron chi connectivity index (χ0n) is 9.49. The summed E-state index contributed by atoms with van der Waals surface area (Å²) in [5, 5.41) is 3.32. The van der Waals surface area contributed by atoms with E-state index in [4.69, 9.17) is 5.73 Å². The van der Waals surface area contributed by atoms with Crippen molar-refractivity contribution in [1.29, 1.82) is 0 Å². The van der Waals surface area contributed by atoms with Crippen molar-refractivity contribution in [3.8, 4) is 0 Å². The summed E-state index contributed by atoms with van der Waals surface area (Å²) in [6.07, 6.45) is 3.55. The number of nitrogen functional groups attached to an aromatic ring is 1. The SMILES string of the molecule is Cc1ccc(NC(C)c2ncc[nH]2)c(N)c1. The fraction of sp³-hybridized carbons (Fsp3) is 0.250. The van der Waals surface area contributed by atoms with Gasteiger partial charge in [-0.15, -0.1) is 0 Å². The molecule has 0 radical (unpaired) electrons. The number of benzene rings is 1. The molecule has 0 fully saturated rings. The second-order valence-corrected chi connectivity index (χ2v) is 3.93. The molecule has 0 saturated heterocycles. The van der Waals surface area contributed by atoms with Crippen molar-refractivity contribution in [1.82, 2.24) is 9.97 Å². The fourth-order valence-electron chi connectivity index (χ4n) is 1.63. The molecule has 2 aromatic rings. The molecule has 0 aliphatic carbocycles. The fourth-order valence-corrected chi connectivity index (χ4v) is 1.63. The highest BCUT2D eigenvalue weighted by atomic mass is 15.0. The van der Waals surface area contributed by atoms with Crippen molar-refractivity contribution < 1.29 is 0 Å². The molecule has 4 heteroatoms. The number of hydrogen-bond donors (Lipinski definition) is 3. The molecule has 0 spiro atoms. The first-order chi connectivity index (χ1) is 7.66. The Morgan fingerprint density at radius 1 is 1.44 bits per heavy atom. The number of nitrogens with one attached hydrogen (secondary N) is 2. The van der Waals surface area contributed by atoms with Crippen molar-refractivity contribution in [2.45, 2.75) is 19.9 Å². The lowest BCUT2D eigenvalue weighted by Crippen LogP contribution is -2.09. The number of nitrogens with zero attached hydrogens (tertiary/aromatic N) is 1. The third-order valence-electron chi connectivity index (χ3n) is 2.51. The van der Waals surface area contributed by atoms with Gasteiger partial charge in [-0.3, -0.25) is 0 Å². The number of anilines is 2. The molecule has 0 amide bonds. The molecule has 2 rings (SSSR count). The Bertz CT molecular complexity index is 462. The van der Waals surface area contributed by atoms with Crippen LogP contribution in [-0.4, -0.2) is 9.97 Å². The number of aryl methyl sites for hydroxylation is 1. The molecule has 0 bridgehead atoms. The van der Waals surface area contributed by atoms with E-state index in [9.17, 15) is 0 Å². The number of aromatic nitrogens is 2. The smallest absolute Gasteiger partial charge is 0.128 e. The highest BCUT2D eigenvalue weighted by Crippen LogP contribution is 2.23. The van der Waals surface area contributed by atoms with Gasteiger partial charge >= 0.3 is 0 Å². The zero-order chi connectivity index (χ0) is 11.5. The van der Waals surface area contributed by atoms with Gasteiger partial charge in [0.1, 0.15) is 5.82 Å². The average Bonchev–Trinajstić information content (AvgIpc) is 2.75. The van der Waals surface area contributed by atoms with Crippen LogP contribution >= 0.6 is 0 Å². The normalized spacial score (nSPS) is 12.4. The minimum atomic E-state index is 0.111. The van der Waals surface area contributed by atoms with Crippen LogP contribution in [-0.2, 0) is 0 Å². The maximum absolute atomic E-state index is 5.93. The molecule has 1 unspecified atom stereocenters. The Morgan fingerprint density at radius 2 is 2.25 bits per heavy atom. The number of aromatic amines is 1. The Kier molecular flexibility index (Phi) is 2.81. The third-order valence-corrected chi connectivity index (χ3v) is 2.51. The number of rotatable bonds is 3. The maximum atomic E-state index is 5.93. The van der Waals surface area contributed by atoms with E-state index in [1.807, 2.05) is 38.2 Å². The quantitative estimate of drug-likeness (QED) is 0.690. The predicted molar refractivity (Wildman–Crippen MR) is 66.2 cm³/mol. The second kappa shape index (κ2) is 4.26. The van der Waals surface area contributed by atoms with Gasteiger partial charge in [0, 0.05) is 12.4 Å². The van der Waals surface area contributed by atoms with Crippen molar-refractivity contribution in [3.05, 3.63) is 42.0 Å². The molecule has 0 saturated carbocycles. The van der Waals surface area contributed by atoms with Crippen LogP contribution in [0.2, 0.25) is 0 Å². The van der Waals surface area contributed by atoms with Crippen molar-refractivity contribution >= 4 is 11.4 Å². The summed E-state index contributed by atoms with van der Waals surface area (Å²) in [4.78, 5) is 7.27. The van der Waals surface area contributed by atoms with E-state index in [1.54, 1.807) is 6.20 Å². The van der Waals surface area contributed by atoms with Crippen LogP contribution in [0.25, 0.3) is 0 Å². The molecule has 4 N–H and O–H groups in total. The molecular formula is C12H16N4. The van der Waals surface area contributed by atoms with Crippen LogP contribution in [0.15, 0.2) is 30.6 Å². The van der Waals surface area contributed by atoms with E-state index in [-0.39, 0.29) is 6.04 Å². The summed E-state index contributed by atoms with van der Waals surface area (Å²) in [6.45, 7) is 4.06. The first-order valence-corrected chi connectivity index (χ1v) is 5.29. The minimum Gasteiger partial charge on any atom is -0.397 e. The molecule has 1 aromatic heterocycles. The summed E-state index contributed by atoms with van der Waals surface area (Å²) in [7, 11) is 0. The first-order valence-electron chi connectivity index (χ1n) is 5.29. The van der Waals surface area contributed by atoms with E-state index in [0.717, 1.165) is 22.8 Å². The maximum Gasteiger partial charge on any atom is 0.128 e. The van der Waals surface area contributed by atoms with Gasteiger partial charge in [-0.05, 0) is 31.5 Å². The largest absolute Gasteiger partial charge is 0.397 e. The van der Waals surface area contributed by atoms with Gasteiger partial charge in [-0.2, -0.15) is 0 Å². The molecular weight excluding hydrogens is 200 g/mol. The van der Waals surface area contributed by atoms with Gasteiger partial charge in [0.15, 0.2) is 0 Å². The third kappa shape index (κ3) is 2.16. The van der Waals surface area contributed by atoms with E-state index in [1.165, 1.54) is 0 Å². The van der Waals surface area contributed by atoms with E-state index < -0.39 is 0 Å². The number of H-pyrrole nitrogens is 1. The van der Waals surface area contributed by atoms with Crippen LogP contribution in [0.3, 0.4) is 0 Å². The summed E-state index contributed by atoms with van der Waals surface area (Å²) >= 11 is 0. The topological polar surface area (TPSA) is 66.7 Å². The van der Waals surface area contributed by atoms with E-state index >= 15 is 0 Å². The van der Waals surface area contributed by atoms with Crippen molar-refractivity contribution in [2.24, 2.45) is 0 Å². The highest BCUT2D eigenvalue weighted by Gasteiger charge is 2.08. The lowest BCUT2D eigenvalue weighted by atomic mass is 10.2. The van der Waals surface area contributed by atoms with Crippen LogP contribution in [0.5, 0.6) is 0 Å². The highest BCUT2D eigenvalue weighted by molar-refractivity contribution is 5.67. The van der Waals surface area contributed by atoms with Crippen LogP contribution in [0, 0.1) is 6.92 Å². The molecule has 4 nitrogen and oxygen atoms in total. The molecule has 0 aliphatic rings.